The van der Waals surface area contributed by atoms with Gasteiger partial charge in [0.1, 0.15) is 0 Å². The second kappa shape index (κ2) is 4.49. The molecule has 3 fully saturated rings. The summed E-state index contributed by atoms with van der Waals surface area (Å²) in [6, 6.07) is 1.08. The van der Waals surface area contributed by atoms with E-state index >= 15 is 0 Å². The molecule has 2 aliphatic heterocycles. The van der Waals surface area contributed by atoms with E-state index in [0.717, 1.165) is 32.4 Å². The van der Waals surface area contributed by atoms with Gasteiger partial charge in [-0.1, -0.05) is 0 Å². The highest BCUT2D eigenvalue weighted by atomic mass is 16.5. The zero-order chi connectivity index (χ0) is 12.8. The molecule has 4 heteroatoms. The van der Waals surface area contributed by atoms with Crippen LogP contribution in [0.25, 0.3) is 0 Å². The van der Waals surface area contributed by atoms with E-state index in [4.69, 9.17) is 4.74 Å². The molecule has 102 valence electrons. The summed E-state index contributed by atoms with van der Waals surface area (Å²) in [5.74, 6) is 0.324. The molecule has 2 atom stereocenters. The van der Waals surface area contributed by atoms with Gasteiger partial charge >= 0.3 is 0 Å². The molecule has 1 aliphatic carbocycles. The number of ether oxygens (including phenoxy) is 1. The van der Waals surface area contributed by atoms with Crippen LogP contribution >= 0.6 is 0 Å². The van der Waals surface area contributed by atoms with E-state index in [-0.39, 0.29) is 11.6 Å². The van der Waals surface area contributed by atoms with E-state index < -0.39 is 0 Å². The maximum absolute atomic E-state index is 12.4. The quantitative estimate of drug-likeness (QED) is 0.823. The Hall–Kier alpha value is -0.610. The zero-order valence-corrected chi connectivity index (χ0v) is 11.4. The summed E-state index contributed by atoms with van der Waals surface area (Å²) in [6.07, 6.45) is 5.43. The number of hydrogen-bond acceptors (Lipinski definition) is 3. The lowest BCUT2D eigenvalue weighted by atomic mass is 9.93. The Labute approximate surface area is 109 Å². The Balaban J connectivity index is 1.60. The summed E-state index contributed by atoms with van der Waals surface area (Å²) in [4.78, 5) is 14.5. The Kier molecular flexibility index (Phi) is 3.10. The molecule has 3 rings (SSSR count). The van der Waals surface area contributed by atoms with Crippen LogP contribution in [0, 0.1) is 0 Å². The van der Waals surface area contributed by atoms with Crippen molar-refractivity contribution < 1.29 is 9.53 Å². The van der Waals surface area contributed by atoms with Gasteiger partial charge in [-0.15, -0.1) is 0 Å². The number of carbonyl (C=O) groups excluding carboxylic acids is 1. The Bertz CT molecular complexity index is 339. The van der Waals surface area contributed by atoms with E-state index in [2.05, 4.69) is 24.1 Å². The van der Waals surface area contributed by atoms with Crippen molar-refractivity contribution in [2.75, 3.05) is 13.2 Å². The van der Waals surface area contributed by atoms with Gasteiger partial charge in [-0.2, -0.15) is 0 Å². The summed E-state index contributed by atoms with van der Waals surface area (Å²) in [7, 11) is 0. The fraction of sp³-hybridized carbons (Fsp3) is 0.929. The lowest BCUT2D eigenvalue weighted by Crippen LogP contribution is -2.49. The fourth-order valence-electron chi connectivity index (χ4n) is 3.22. The third-order valence-corrected chi connectivity index (χ3v) is 4.37. The van der Waals surface area contributed by atoms with Crippen molar-refractivity contribution in [3.8, 4) is 0 Å². The van der Waals surface area contributed by atoms with Crippen molar-refractivity contribution in [2.45, 2.75) is 69.7 Å². The van der Waals surface area contributed by atoms with Crippen LogP contribution in [0.5, 0.6) is 0 Å². The Morgan fingerprint density at radius 3 is 2.72 bits per heavy atom. The maximum atomic E-state index is 12.4. The number of likely N-dealkylation sites (tertiary alicyclic amines) is 1. The van der Waals surface area contributed by atoms with E-state index in [1.54, 1.807) is 0 Å². The number of rotatable bonds is 3. The normalized spacial score (nSPS) is 36.1. The van der Waals surface area contributed by atoms with Crippen molar-refractivity contribution in [1.29, 1.82) is 0 Å². The molecule has 3 aliphatic rings. The van der Waals surface area contributed by atoms with Crippen LogP contribution in [0.15, 0.2) is 0 Å². The lowest BCUT2D eigenvalue weighted by Gasteiger charge is -2.39. The van der Waals surface area contributed by atoms with Gasteiger partial charge in [0.25, 0.3) is 0 Å². The Morgan fingerprint density at radius 2 is 2.06 bits per heavy atom. The van der Waals surface area contributed by atoms with E-state index in [0.29, 0.717) is 18.0 Å². The van der Waals surface area contributed by atoms with Crippen LogP contribution in [0.3, 0.4) is 0 Å². The molecule has 0 radical (unpaired) electrons. The highest BCUT2D eigenvalue weighted by molar-refractivity contribution is 5.84. The molecular weight excluding hydrogens is 228 g/mol. The minimum atomic E-state index is -0.0782. The summed E-state index contributed by atoms with van der Waals surface area (Å²) < 4.78 is 5.74. The molecule has 1 amide bonds. The average molecular weight is 252 g/mol. The van der Waals surface area contributed by atoms with Crippen LogP contribution in [0.1, 0.15) is 46.0 Å². The minimum absolute atomic E-state index is 0.0782. The number of nitrogens with one attached hydrogen (secondary N) is 1. The smallest absolute Gasteiger partial charge is 0.240 e. The first-order valence-corrected chi connectivity index (χ1v) is 7.26. The highest BCUT2D eigenvalue weighted by Gasteiger charge is 2.41. The number of carbonyl (C=O) groups is 1. The van der Waals surface area contributed by atoms with Gasteiger partial charge in [-0.25, -0.2) is 0 Å². The first-order valence-electron chi connectivity index (χ1n) is 7.26. The van der Waals surface area contributed by atoms with Gasteiger partial charge in [0, 0.05) is 25.2 Å². The minimum Gasteiger partial charge on any atom is -0.375 e. The number of hydrogen-bond donors (Lipinski definition) is 1. The summed E-state index contributed by atoms with van der Waals surface area (Å²) in [5, 5.41) is 3.47. The van der Waals surface area contributed by atoms with Gasteiger partial charge in [-0.3, -0.25) is 4.79 Å². The zero-order valence-electron chi connectivity index (χ0n) is 11.4. The monoisotopic (exact) mass is 252 g/mol. The van der Waals surface area contributed by atoms with Crippen LogP contribution in [0.2, 0.25) is 0 Å². The average Bonchev–Trinajstić information content (AvgIpc) is 3.03. The molecule has 0 aromatic rings. The van der Waals surface area contributed by atoms with Crippen LogP contribution in [-0.2, 0) is 9.53 Å². The Morgan fingerprint density at radius 1 is 1.28 bits per heavy atom. The second-order valence-electron chi connectivity index (χ2n) is 6.57. The molecule has 1 saturated carbocycles. The molecule has 0 aromatic heterocycles. The topological polar surface area (TPSA) is 41.6 Å². The number of nitrogens with zero attached hydrogens (tertiary/aromatic N) is 1. The highest BCUT2D eigenvalue weighted by Crippen LogP contribution is 2.30. The summed E-state index contributed by atoms with van der Waals surface area (Å²) >= 11 is 0. The predicted octanol–water partition coefficient (Wildman–Crippen LogP) is 1.30. The van der Waals surface area contributed by atoms with Gasteiger partial charge in [0.05, 0.1) is 11.6 Å². The van der Waals surface area contributed by atoms with Crippen molar-refractivity contribution in [3.05, 3.63) is 0 Å². The molecule has 0 aromatic carbocycles. The van der Waals surface area contributed by atoms with E-state index in [9.17, 15) is 4.79 Å². The first-order chi connectivity index (χ1) is 8.55. The van der Waals surface area contributed by atoms with E-state index in [1.165, 1.54) is 12.8 Å². The molecule has 1 N–H and O–H groups in total. The molecule has 0 bridgehead atoms. The van der Waals surface area contributed by atoms with Gasteiger partial charge < -0.3 is 15.0 Å². The molecule has 2 unspecified atom stereocenters. The number of amides is 1. The van der Waals surface area contributed by atoms with Gasteiger partial charge in [0.2, 0.25) is 5.91 Å². The predicted molar refractivity (Wildman–Crippen MR) is 69.3 cm³/mol. The standard InChI is InChI=1S/C14H24N2O2/c1-14(2)9-11(6-8-18-14)16-7-5-12(13(16)17)15-10-3-4-10/h10-12,15H,3-9H2,1-2H3. The summed E-state index contributed by atoms with van der Waals surface area (Å²) in [6.45, 7) is 5.95. The van der Waals surface area contributed by atoms with E-state index in [1.807, 2.05) is 0 Å². The lowest BCUT2D eigenvalue weighted by molar-refractivity contribution is -0.137. The third kappa shape index (κ3) is 2.54. The second-order valence-corrected chi connectivity index (χ2v) is 6.57. The molecule has 18 heavy (non-hydrogen) atoms. The molecule has 4 nitrogen and oxygen atoms in total. The molecule has 2 saturated heterocycles. The largest absolute Gasteiger partial charge is 0.375 e. The maximum Gasteiger partial charge on any atom is 0.240 e. The van der Waals surface area contributed by atoms with Crippen LogP contribution < -0.4 is 5.32 Å². The first kappa shape index (κ1) is 12.4. The van der Waals surface area contributed by atoms with Crippen molar-refractivity contribution in [3.63, 3.8) is 0 Å². The van der Waals surface area contributed by atoms with Crippen LogP contribution in [-0.4, -0.2) is 47.7 Å². The van der Waals surface area contributed by atoms with Gasteiger partial charge in [-0.05, 0) is 46.0 Å². The fourth-order valence-corrected chi connectivity index (χ4v) is 3.22. The van der Waals surface area contributed by atoms with Crippen LogP contribution in [0.4, 0.5) is 0 Å². The van der Waals surface area contributed by atoms with Crippen molar-refractivity contribution in [2.24, 2.45) is 0 Å². The summed E-state index contributed by atoms with van der Waals surface area (Å²) in [5.41, 5.74) is -0.0782. The van der Waals surface area contributed by atoms with Gasteiger partial charge in [0.15, 0.2) is 0 Å². The molecule has 0 spiro atoms. The molecular formula is C14H24N2O2. The third-order valence-electron chi connectivity index (χ3n) is 4.37. The van der Waals surface area contributed by atoms with Crippen molar-refractivity contribution in [1.82, 2.24) is 10.2 Å². The SMILES string of the molecule is CC1(C)CC(N2CCC(NC3CC3)C2=O)CCO1. The molecule has 2 heterocycles. The van der Waals surface area contributed by atoms with Crippen molar-refractivity contribution >= 4 is 5.91 Å².